The molecule has 1 fully saturated rings. The van der Waals surface area contributed by atoms with Gasteiger partial charge in [-0.3, -0.25) is 0 Å². The summed E-state index contributed by atoms with van der Waals surface area (Å²) in [7, 11) is 1.71. The largest absolute Gasteiger partial charge is 0.497 e. The number of nitrogens with two attached hydrogens (primary N) is 1. The highest BCUT2D eigenvalue weighted by Crippen LogP contribution is 2.50. The molecule has 0 amide bonds. The number of aromatic nitrogens is 1. The molecule has 3 nitrogen and oxygen atoms in total. The van der Waals surface area contributed by atoms with Crippen molar-refractivity contribution in [3.05, 3.63) is 30.5 Å². The Kier molecular flexibility index (Phi) is 2.78. The normalized spacial score (nSPS) is 17.0. The topological polar surface area (TPSA) is 40.2 Å². The van der Waals surface area contributed by atoms with Crippen LogP contribution in [0.5, 0.6) is 5.75 Å². The lowest BCUT2D eigenvalue weighted by molar-refractivity contribution is 0.404. The van der Waals surface area contributed by atoms with Crippen LogP contribution in [0.1, 0.15) is 19.3 Å². The summed E-state index contributed by atoms with van der Waals surface area (Å²) in [6.45, 7) is 1.90. The lowest BCUT2D eigenvalue weighted by Crippen LogP contribution is -2.15. The molecule has 0 aliphatic heterocycles. The third kappa shape index (κ3) is 1.99. The molecule has 0 spiro atoms. The lowest BCUT2D eigenvalue weighted by atomic mass is 10.0. The molecule has 1 aromatic carbocycles. The molecule has 1 aliphatic carbocycles. The highest BCUT2D eigenvalue weighted by Gasteiger charge is 2.41. The van der Waals surface area contributed by atoms with Gasteiger partial charge in [-0.25, -0.2) is 0 Å². The van der Waals surface area contributed by atoms with Crippen LogP contribution in [-0.4, -0.2) is 18.2 Å². The van der Waals surface area contributed by atoms with Gasteiger partial charge >= 0.3 is 0 Å². The van der Waals surface area contributed by atoms with Crippen molar-refractivity contribution in [2.75, 3.05) is 13.7 Å². The first-order valence-corrected chi connectivity index (χ1v) is 6.59. The van der Waals surface area contributed by atoms with Crippen LogP contribution in [-0.2, 0) is 6.54 Å². The number of rotatable bonds is 5. The Morgan fingerprint density at radius 3 is 2.83 bits per heavy atom. The molecule has 0 saturated heterocycles. The summed E-state index contributed by atoms with van der Waals surface area (Å²) in [5.41, 5.74) is 7.47. The molecule has 0 radical (unpaired) electrons. The molecule has 0 unspecified atom stereocenters. The fourth-order valence-corrected chi connectivity index (χ4v) is 2.77. The summed E-state index contributed by atoms with van der Waals surface area (Å²) in [6.07, 6.45) is 5.96. The Hall–Kier alpha value is -1.48. The van der Waals surface area contributed by atoms with E-state index < -0.39 is 0 Å². The number of nitrogens with zero attached hydrogens (tertiary/aromatic N) is 1. The summed E-state index contributed by atoms with van der Waals surface area (Å²) in [4.78, 5) is 0. The van der Waals surface area contributed by atoms with Crippen LogP contribution < -0.4 is 10.5 Å². The van der Waals surface area contributed by atoms with Crippen molar-refractivity contribution < 1.29 is 4.74 Å². The maximum atomic E-state index is 5.71. The number of hydrogen-bond donors (Lipinski definition) is 1. The molecular formula is C15H20N2O. The van der Waals surface area contributed by atoms with Gasteiger partial charge in [0.1, 0.15) is 5.75 Å². The van der Waals surface area contributed by atoms with Crippen molar-refractivity contribution in [1.29, 1.82) is 0 Å². The summed E-state index contributed by atoms with van der Waals surface area (Å²) in [5.74, 6) is 0.920. The lowest BCUT2D eigenvalue weighted by Gasteiger charge is -2.16. The quantitative estimate of drug-likeness (QED) is 0.878. The third-order valence-electron chi connectivity index (χ3n) is 4.12. The van der Waals surface area contributed by atoms with Gasteiger partial charge in [0, 0.05) is 23.6 Å². The van der Waals surface area contributed by atoms with Gasteiger partial charge in [0.25, 0.3) is 0 Å². The highest BCUT2D eigenvalue weighted by molar-refractivity contribution is 5.81. The van der Waals surface area contributed by atoms with Crippen LogP contribution in [0.3, 0.4) is 0 Å². The minimum atomic E-state index is 0.473. The molecule has 3 rings (SSSR count). The molecular weight excluding hydrogens is 224 g/mol. The van der Waals surface area contributed by atoms with E-state index in [1.165, 1.54) is 23.7 Å². The Morgan fingerprint density at radius 2 is 2.17 bits per heavy atom. The van der Waals surface area contributed by atoms with Gasteiger partial charge in [0.15, 0.2) is 0 Å². The van der Waals surface area contributed by atoms with Crippen molar-refractivity contribution in [1.82, 2.24) is 4.57 Å². The van der Waals surface area contributed by atoms with E-state index in [1.54, 1.807) is 7.11 Å². The molecule has 1 aliphatic rings. The van der Waals surface area contributed by atoms with Crippen molar-refractivity contribution in [2.45, 2.75) is 25.8 Å². The molecule has 0 atom stereocenters. The van der Waals surface area contributed by atoms with E-state index in [9.17, 15) is 0 Å². The molecule has 1 aromatic heterocycles. The van der Waals surface area contributed by atoms with Crippen molar-refractivity contribution in [2.24, 2.45) is 11.1 Å². The fourth-order valence-electron chi connectivity index (χ4n) is 2.77. The Bertz CT molecular complexity index is 555. The first-order chi connectivity index (χ1) is 8.76. The predicted octanol–water partition coefficient (Wildman–Crippen LogP) is 2.78. The summed E-state index contributed by atoms with van der Waals surface area (Å²) >= 11 is 0. The monoisotopic (exact) mass is 244 g/mol. The van der Waals surface area contributed by atoms with Crippen LogP contribution >= 0.6 is 0 Å². The van der Waals surface area contributed by atoms with Gasteiger partial charge in [-0.1, -0.05) is 0 Å². The second kappa shape index (κ2) is 4.32. The van der Waals surface area contributed by atoms with E-state index in [0.29, 0.717) is 5.41 Å². The number of fused-ring (bicyclic) bond motifs is 1. The van der Waals surface area contributed by atoms with Gasteiger partial charge in [0.2, 0.25) is 0 Å². The molecule has 1 heterocycles. The van der Waals surface area contributed by atoms with Gasteiger partial charge in [-0.15, -0.1) is 0 Å². The van der Waals surface area contributed by atoms with Gasteiger partial charge in [0.05, 0.1) is 7.11 Å². The van der Waals surface area contributed by atoms with Crippen LogP contribution in [0.25, 0.3) is 10.9 Å². The summed E-state index contributed by atoms with van der Waals surface area (Å²) in [5, 5.41) is 1.25. The zero-order valence-corrected chi connectivity index (χ0v) is 10.9. The number of methoxy groups -OCH3 is 1. The van der Waals surface area contributed by atoms with E-state index in [4.69, 9.17) is 10.5 Å². The molecule has 0 bridgehead atoms. The maximum absolute atomic E-state index is 5.71. The third-order valence-corrected chi connectivity index (χ3v) is 4.12. The Morgan fingerprint density at radius 1 is 1.33 bits per heavy atom. The van der Waals surface area contributed by atoms with E-state index in [0.717, 1.165) is 25.3 Å². The molecule has 18 heavy (non-hydrogen) atoms. The van der Waals surface area contributed by atoms with Crippen LogP contribution in [0.4, 0.5) is 0 Å². The smallest absolute Gasteiger partial charge is 0.119 e. The average molecular weight is 244 g/mol. The summed E-state index contributed by atoms with van der Waals surface area (Å²) < 4.78 is 7.62. The number of benzene rings is 1. The highest BCUT2D eigenvalue weighted by atomic mass is 16.5. The van der Waals surface area contributed by atoms with Gasteiger partial charge in [-0.2, -0.15) is 0 Å². The van der Waals surface area contributed by atoms with E-state index >= 15 is 0 Å². The Labute approximate surface area is 108 Å². The van der Waals surface area contributed by atoms with Crippen LogP contribution in [0, 0.1) is 5.41 Å². The van der Waals surface area contributed by atoms with E-state index in [2.05, 4.69) is 29.0 Å². The van der Waals surface area contributed by atoms with Crippen molar-refractivity contribution in [3.63, 3.8) is 0 Å². The fraction of sp³-hybridized carbons (Fsp3) is 0.467. The zero-order chi connectivity index (χ0) is 12.6. The predicted molar refractivity (Wildman–Crippen MR) is 73.8 cm³/mol. The van der Waals surface area contributed by atoms with Crippen molar-refractivity contribution in [3.8, 4) is 5.75 Å². The minimum absolute atomic E-state index is 0.473. The summed E-state index contributed by atoms with van der Waals surface area (Å²) in [6, 6.07) is 8.43. The second-order valence-corrected chi connectivity index (χ2v) is 5.41. The van der Waals surface area contributed by atoms with Gasteiger partial charge < -0.3 is 15.0 Å². The van der Waals surface area contributed by atoms with Crippen LogP contribution in [0.15, 0.2) is 30.5 Å². The zero-order valence-electron chi connectivity index (χ0n) is 10.9. The van der Waals surface area contributed by atoms with Gasteiger partial charge in [-0.05, 0) is 55.5 Å². The first-order valence-electron chi connectivity index (χ1n) is 6.59. The molecule has 2 aromatic rings. The van der Waals surface area contributed by atoms with Crippen LogP contribution in [0.2, 0.25) is 0 Å². The Balaban J connectivity index is 1.89. The first kappa shape index (κ1) is 11.6. The average Bonchev–Trinajstić information content (AvgIpc) is 3.03. The SMILES string of the molecule is COc1ccc2c(ccn2CC2(CCN)CC2)c1. The number of hydrogen-bond acceptors (Lipinski definition) is 2. The van der Waals surface area contributed by atoms with E-state index in [-0.39, 0.29) is 0 Å². The standard InChI is InChI=1S/C15H20N2O/c1-18-13-2-3-14-12(10-13)4-9-17(14)11-15(5-6-15)7-8-16/h2-4,9-10H,5-8,11,16H2,1H3. The van der Waals surface area contributed by atoms with Crippen molar-refractivity contribution >= 4 is 10.9 Å². The molecule has 2 N–H and O–H groups in total. The number of ether oxygens (including phenoxy) is 1. The molecule has 1 saturated carbocycles. The molecule has 96 valence electrons. The second-order valence-electron chi connectivity index (χ2n) is 5.41. The maximum Gasteiger partial charge on any atom is 0.119 e. The minimum Gasteiger partial charge on any atom is -0.497 e. The molecule has 3 heteroatoms. The van der Waals surface area contributed by atoms with E-state index in [1.807, 2.05) is 6.07 Å².